The van der Waals surface area contributed by atoms with Crippen LogP contribution in [0.25, 0.3) is 0 Å². The molecule has 1 aliphatic carbocycles. The van der Waals surface area contributed by atoms with Crippen LogP contribution in [0.15, 0.2) is 24.8 Å². The summed E-state index contributed by atoms with van der Waals surface area (Å²) in [5, 5.41) is 7.11. The highest BCUT2D eigenvalue weighted by atomic mass is 16.5. The van der Waals surface area contributed by atoms with E-state index in [0.29, 0.717) is 11.4 Å². The summed E-state index contributed by atoms with van der Waals surface area (Å²) in [5.41, 5.74) is 0.997. The van der Waals surface area contributed by atoms with Crippen molar-refractivity contribution in [2.45, 2.75) is 38.3 Å². The average Bonchev–Trinajstić information content (AvgIpc) is 3.09. The van der Waals surface area contributed by atoms with Crippen LogP contribution in [0, 0.1) is 6.92 Å². The van der Waals surface area contributed by atoms with Crippen LogP contribution in [-0.2, 0) is 7.05 Å². The van der Waals surface area contributed by atoms with E-state index >= 15 is 0 Å². The number of nitrogens with one attached hydrogen (secondary N) is 1. The van der Waals surface area contributed by atoms with Crippen molar-refractivity contribution in [3.05, 3.63) is 36.2 Å². The summed E-state index contributed by atoms with van der Waals surface area (Å²) in [6.07, 6.45) is 9.42. The third-order valence-electron chi connectivity index (χ3n) is 3.83. The Morgan fingerprint density at radius 1 is 1.36 bits per heavy atom. The van der Waals surface area contributed by atoms with Crippen LogP contribution in [0.2, 0.25) is 0 Å². The van der Waals surface area contributed by atoms with Crippen LogP contribution in [0.1, 0.15) is 35.4 Å². The molecular formula is C15H19N5O2. The number of rotatable bonds is 4. The molecule has 0 aromatic carbocycles. The van der Waals surface area contributed by atoms with Gasteiger partial charge in [0.1, 0.15) is 11.8 Å². The van der Waals surface area contributed by atoms with E-state index in [-0.39, 0.29) is 18.1 Å². The molecule has 1 saturated carbocycles. The van der Waals surface area contributed by atoms with Crippen LogP contribution < -0.4 is 10.1 Å². The lowest BCUT2D eigenvalue weighted by Gasteiger charge is -2.21. The Kier molecular flexibility index (Phi) is 4.04. The van der Waals surface area contributed by atoms with Crippen LogP contribution in [-0.4, -0.2) is 37.8 Å². The molecule has 0 aliphatic heterocycles. The lowest BCUT2D eigenvalue weighted by atomic mass is 10.2. The van der Waals surface area contributed by atoms with Crippen molar-refractivity contribution in [2.75, 3.05) is 0 Å². The van der Waals surface area contributed by atoms with Crippen LogP contribution in [0.4, 0.5) is 0 Å². The quantitative estimate of drug-likeness (QED) is 0.919. The number of amides is 1. The first-order valence-corrected chi connectivity index (χ1v) is 7.37. The minimum Gasteiger partial charge on any atom is -0.485 e. The second-order valence-corrected chi connectivity index (χ2v) is 5.51. The highest BCUT2D eigenvalue weighted by Gasteiger charge is 2.31. The summed E-state index contributed by atoms with van der Waals surface area (Å²) in [6, 6.07) is -0.0193. The van der Waals surface area contributed by atoms with Crippen molar-refractivity contribution >= 4 is 5.91 Å². The largest absolute Gasteiger partial charge is 0.485 e. The minimum absolute atomic E-state index is 0.0193. The maximum absolute atomic E-state index is 12.3. The fourth-order valence-corrected chi connectivity index (χ4v) is 2.73. The Labute approximate surface area is 128 Å². The molecule has 0 spiro atoms. The molecule has 2 aromatic rings. The lowest BCUT2D eigenvalue weighted by molar-refractivity contribution is 0.0887. The monoisotopic (exact) mass is 301 g/mol. The van der Waals surface area contributed by atoms with E-state index in [1.54, 1.807) is 24.0 Å². The van der Waals surface area contributed by atoms with E-state index in [0.717, 1.165) is 25.0 Å². The summed E-state index contributed by atoms with van der Waals surface area (Å²) in [6.45, 7) is 1.78. The predicted octanol–water partition coefficient (Wildman–Crippen LogP) is 1.25. The van der Waals surface area contributed by atoms with Gasteiger partial charge in [0.2, 0.25) is 0 Å². The molecule has 116 valence electrons. The van der Waals surface area contributed by atoms with Gasteiger partial charge in [-0.05, 0) is 26.2 Å². The third-order valence-corrected chi connectivity index (χ3v) is 3.83. The van der Waals surface area contributed by atoms with Gasteiger partial charge >= 0.3 is 0 Å². The smallest absolute Gasteiger partial charge is 0.272 e. The van der Waals surface area contributed by atoms with Gasteiger partial charge in [-0.25, -0.2) is 4.98 Å². The SMILES string of the molecule is Cc1nccnc1C(=O)N[C@H]1CCC[C@H]1Oc1cnn(C)c1. The van der Waals surface area contributed by atoms with E-state index < -0.39 is 0 Å². The Balaban J connectivity index is 1.66. The molecule has 2 atom stereocenters. The van der Waals surface area contributed by atoms with Crippen molar-refractivity contribution in [1.29, 1.82) is 0 Å². The topological polar surface area (TPSA) is 81.9 Å². The van der Waals surface area contributed by atoms with Gasteiger partial charge in [0, 0.05) is 19.4 Å². The fourth-order valence-electron chi connectivity index (χ4n) is 2.73. The Morgan fingerprint density at radius 2 is 2.18 bits per heavy atom. The first-order valence-electron chi connectivity index (χ1n) is 7.37. The molecule has 22 heavy (non-hydrogen) atoms. The van der Waals surface area contributed by atoms with Gasteiger partial charge in [-0.15, -0.1) is 0 Å². The number of carbonyl (C=O) groups excluding carboxylic acids is 1. The standard InChI is InChI=1S/C15H19N5O2/c1-10-14(17-7-6-16-10)15(21)19-12-4-3-5-13(12)22-11-8-18-20(2)9-11/h6-9,12-13H,3-5H2,1-2H3,(H,19,21)/t12-,13+/m0/s1. The second-order valence-electron chi connectivity index (χ2n) is 5.51. The zero-order valence-electron chi connectivity index (χ0n) is 12.7. The number of hydrogen-bond donors (Lipinski definition) is 1. The molecule has 7 heteroatoms. The maximum Gasteiger partial charge on any atom is 0.272 e. The molecule has 0 unspecified atom stereocenters. The minimum atomic E-state index is -0.197. The van der Waals surface area contributed by atoms with Gasteiger partial charge in [-0.2, -0.15) is 5.10 Å². The number of aromatic nitrogens is 4. The van der Waals surface area contributed by atoms with Gasteiger partial charge in [-0.3, -0.25) is 14.5 Å². The Hall–Kier alpha value is -2.44. The molecular weight excluding hydrogens is 282 g/mol. The van der Waals surface area contributed by atoms with E-state index in [4.69, 9.17) is 4.74 Å². The summed E-state index contributed by atoms with van der Waals surface area (Å²) < 4.78 is 7.64. The van der Waals surface area contributed by atoms with Gasteiger partial charge in [-0.1, -0.05) is 0 Å². The van der Waals surface area contributed by atoms with E-state index in [1.165, 1.54) is 6.20 Å². The fraction of sp³-hybridized carbons (Fsp3) is 0.467. The van der Waals surface area contributed by atoms with Crippen molar-refractivity contribution in [3.8, 4) is 5.75 Å². The van der Waals surface area contributed by atoms with Crippen molar-refractivity contribution in [2.24, 2.45) is 7.05 Å². The van der Waals surface area contributed by atoms with E-state index in [2.05, 4.69) is 20.4 Å². The molecule has 3 rings (SSSR count). The van der Waals surface area contributed by atoms with Gasteiger partial charge in [0.25, 0.3) is 5.91 Å². The summed E-state index contributed by atoms with van der Waals surface area (Å²) >= 11 is 0. The number of nitrogens with zero attached hydrogens (tertiary/aromatic N) is 4. The molecule has 1 amide bonds. The third kappa shape index (κ3) is 3.08. The highest BCUT2D eigenvalue weighted by molar-refractivity contribution is 5.93. The van der Waals surface area contributed by atoms with Crippen LogP contribution in [0.5, 0.6) is 5.75 Å². The first kappa shape index (κ1) is 14.5. The van der Waals surface area contributed by atoms with Crippen molar-refractivity contribution in [1.82, 2.24) is 25.1 Å². The van der Waals surface area contributed by atoms with Crippen molar-refractivity contribution in [3.63, 3.8) is 0 Å². The molecule has 1 fully saturated rings. The zero-order chi connectivity index (χ0) is 15.5. The first-order chi connectivity index (χ1) is 10.6. The number of ether oxygens (including phenoxy) is 1. The molecule has 0 saturated heterocycles. The molecule has 1 aliphatic rings. The van der Waals surface area contributed by atoms with E-state index in [9.17, 15) is 4.79 Å². The molecule has 7 nitrogen and oxygen atoms in total. The molecule has 0 bridgehead atoms. The Bertz CT molecular complexity index is 669. The number of hydrogen-bond acceptors (Lipinski definition) is 5. The summed E-state index contributed by atoms with van der Waals surface area (Å²) in [5.74, 6) is 0.529. The highest BCUT2D eigenvalue weighted by Crippen LogP contribution is 2.24. The number of aryl methyl sites for hydroxylation is 2. The zero-order valence-corrected chi connectivity index (χ0v) is 12.7. The van der Waals surface area contributed by atoms with Gasteiger partial charge in [0.15, 0.2) is 5.75 Å². The predicted molar refractivity (Wildman–Crippen MR) is 79.5 cm³/mol. The van der Waals surface area contributed by atoms with Crippen LogP contribution >= 0.6 is 0 Å². The average molecular weight is 301 g/mol. The summed E-state index contributed by atoms with van der Waals surface area (Å²) in [7, 11) is 1.84. The molecule has 2 heterocycles. The second kappa shape index (κ2) is 6.13. The van der Waals surface area contributed by atoms with Gasteiger partial charge in [0.05, 0.1) is 24.1 Å². The van der Waals surface area contributed by atoms with Crippen LogP contribution in [0.3, 0.4) is 0 Å². The van der Waals surface area contributed by atoms with Gasteiger partial charge < -0.3 is 10.1 Å². The summed E-state index contributed by atoms with van der Waals surface area (Å²) in [4.78, 5) is 20.5. The Morgan fingerprint density at radius 3 is 2.91 bits per heavy atom. The molecule has 2 aromatic heterocycles. The van der Waals surface area contributed by atoms with E-state index in [1.807, 2.05) is 13.2 Å². The molecule has 0 radical (unpaired) electrons. The molecule has 1 N–H and O–H groups in total. The maximum atomic E-state index is 12.3. The normalized spacial score (nSPS) is 20.8. The lowest BCUT2D eigenvalue weighted by Crippen LogP contribution is -2.43. The van der Waals surface area contributed by atoms with Crippen molar-refractivity contribution < 1.29 is 9.53 Å². The number of carbonyl (C=O) groups is 1.